The van der Waals surface area contributed by atoms with Gasteiger partial charge >= 0.3 is 0 Å². The monoisotopic (exact) mass is 396 g/mol. The van der Waals surface area contributed by atoms with Crippen molar-refractivity contribution in [2.45, 2.75) is 6.92 Å². The Labute approximate surface area is 135 Å². The molecule has 3 nitrogen and oxygen atoms in total. The van der Waals surface area contributed by atoms with E-state index in [1.807, 2.05) is 49.4 Å². The van der Waals surface area contributed by atoms with E-state index in [9.17, 15) is 4.79 Å². The Morgan fingerprint density at radius 1 is 1.15 bits per heavy atom. The van der Waals surface area contributed by atoms with E-state index in [-0.39, 0.29) is 12.5 Å². The first-order valence-electron chi connectivity index (χ1n) is 6.10. The first kappa shape index (κ1) is 15.1. The number of anilines is 2. The first-order valence-corrected chi connectivity index (χ1v) is 7.68. The van der Waals surface area contributed by atoms with Crippen molar-refractivity contribution in [2.24, 2.45) is 0 Å². The Balaban J connectivity index is 1.92. The van der Waals surface area contributed by atoms with Crippen LogP contribution in [0.2, 0.25) is 0 Å². The first-order chi connectivity index (χ1) is 9.54. The molecular formula is C15H14Br2N2O. The van der Waals surface area contributed by atoms with Crippen molar-refractivity contribution < 1.29 is 4.79 Å². The van der Waals surface area contributed by atoms with Gasteiger partial charge in [-0.1, -0.05) is 28.1 Å². The molecule has 2 aromatic carbocycles. The quantitative estimate of drug-likeness (QED) is 0.793. The third-order valence-corrected chi connectivity index (χ3v) is 3.82. The molecule has 0 atom stereocenters. The summed E-state index contributed by atoms with van der Waals surface area (Å²) in [5.74, 6) is -0.0783. The molecule has 0 aliphatic rings. The number of carbonyl (C=O) groups is 1. The molecule has 0 aliphatic carbocycles. The maximum absolute atomic E-state index is 11.9. The fraction of sp³-hybridized carbons (Fsp3) is 0.133. The van der Waals surface area contributed by atoms with Crippen molar-refractivity contribution in [3.63, 3.8) is 0 Å². The normalized spacial score (nSPS) is 10.2. The Kier molecular flexibility index (Phi) is 5.20. The molecule has 104 valence electrons. The molecule has 0 saturated carbocycles. The summed E-state index contributed by atoms with van der Waals surface area (Å²) in [5, 5.41) is 5.95. The van der Waals surface area contributed by atoms with Gasteiger partial charge in [0, 0.05) is 20.3 Å². The molecule has 0 unspecified atom stereocenters. The Hall–Kier alpha value is -1.33. The lowest BCUT2D eigenvalue weighted by molar-refractivity contribution is -0.114. The Morgan fingerprint density at radius 3 is 2.65 bits per heavy atom. The minimum atomic E-state index is -0.0783. The van der Waals surface area contributed by atoms with E-state index < -0.39 is 0 Å². The smallest absolute Gasteiger partial charge is 0.243 e. The van der Waals surface area contributed by atoms with Gasteiger partial charge in [0.25, 0.3) is 0 Å². The number of carbonyl (C=O) groups excluding carboxylic acids is 1. The molecule has 0 saturated heterocycles. The van der Waals surface area contributed by atoms with E-state index in [2.05, 4.69) is 42.5 Å². The zero-order chi connectivity index (χ0) is 14.5. The van der Waals surface area contributed by atoms with Crippen molar-refractivity contribution in [3.05, 3.63) is 57.0 Å². The summed E-state index contributed by atoms with van der Waals surface area (Å²) < 4.78 is 1.90. The molecule has 0 heterocycles. The lowest BCUT2D eigenvalue weighted by Gasteiger charge is -2.10. The molecule has 0 spiro atoms. The van der Waals surface area contributed by atoms with Crippen LogP contribution >= 0.6 is 31.9 Å². The third kappa shape index (κ3) is 4.35. The van der Waals surface area contributed by atoms with E-state index >= 15 is 0 Å². The van der Waals surface area contributed by atoms with Gasteiger partial charge < -0.3 is 10.6 Å². The lowest BCUT2D eigenvalue weighted by Crippen LogP contribution is -2.21. The molecule has 2 aromatic rings. The zero-order valence-electron chi connectivity index (χ0n) is 10.9. The van der Waals surface area contributed by atoms with E-state index in [0.717, 1.165) is 25.9 Å². The number of benzene rings is 2. The Morgan fingerprint density at radius 2 is 1.95 bits per heavy atom. The summed E-state index contributed by atoms with van der Waals surface area (Å²) in [6.07, 6.45) is 0. The van der Waals surface area contributed by atoms with Gasteiger partial charge in [0.05, 0.1) is 6.54 Å². The summed E-state index contributed by atoms with van der Waals surface area (Å²) >= 11 is 6.84. The van der Waals surface area contributed by atoms with Gasteiger partial charge in [-0.2, -0.15) is 0 Å². The van der Waals surface area contributed by atoms with E-state index in [1.54, 1.807) is 0 Å². The molecule has 0 aromatic heterocycles. The molecule has 0 aliphatic heterocycles. The largest absolute Gasteiger partial charge is 0.375 e. The lowest BCUT2D eigenvalue weighted by atomic mass is 10.2. The number of nitrogens with one attached hydrogen (secondary N) is 2. The fourth-order valence-corrected chi connectivity index (χ4v) is 2.92. The fourth-order valence-electron chi connectivity index (χ4n) is 1.74. The van der Waals surface area contributed by atoms with Crippen molar-refractivity contribution in [1.29, 1.82) is 0 Å². The second kappa shape index (κ2) is 6.90. The van der Waals surface area contributed by atoms with Crippen LogP contribution in [0, 0.1) is 6.92 Å². The van der Waals surface area contributed by atoms with Crippen LogP contribution < -0.4 is 10.6 Å². The molecule has 5 heteroatoms. The van der Waals surface area contributed by atoms with Crippen molar-refractivity contribution in [1.82, 2.24) is 0 Å². The highest BCUT2D eigenvalue weighted by molar-refractivity contribution is 9.11. The van der Waals surface area contributed by atoms with Gasteiger partial charge in [-0.05, 0) is 58.7 Å². The van der Waals surface area contributed by atoms with E-state index in [1.165, 1.54) is 0 Å². The summed E-state index contributed by atoms with van der Waals surface area (Å²) in [7, 11) is 0. The molecule has 0 fully saturated rings. The topological polar surface area (TPSA) is 41.1 Å². The number of rotatable bonds is 4. The summed E-state index contributed by atoms with van der Waals surface area (Å²) in [5.41, 5.74) is 2.81. The summed E-state index contributed by atoms with van der Waals surface area (Å²) in [6.45, 7) is 2.21. The van der Waals surface area contributed by atoms with Crippen LogP contribution in [0.25, 0.3) is 0 Å². The third-order valence-electron chi connectivity index (χ3n) is 2.67. The van der Waals surface area contributed by atoms with Crippen molar-refractivity contribution in [2.75, 3.05) is 17.2 Å². The minimum absolute atomic E-state index is 0.0783. The number of hydrogen-bond acceptors (Lipinski definition) is 2. The highest BCUT2D eigenvalue weighted by atomic mass is 79.9. The summed E-state index contributed by atoms with van der Waals surface area (Å²) in [6, 6.07) is 13.5. The summed E-state index contributed by atoms with van der Waals surface area (Å²) in [4.78, 5) is 11.9. The van der Waals surface area contributed by atoms with Gasteiger partial charge in [0.1, 0.15) is 0 Å². The molecule has 2 rings (SSSR count). The second-order valence-electron chi connectivity index (χ2n) is 4.40. The highest BCUT2D eigenvalue weighted by Crippen LogP contribution is 2.25. The molecule has 0 radical (unpaired) electrons. The van der Waals surface area contributed by atoms with Crippen LogP contribution in [0.4, 0.5) is 11.4 Å². The van der Waals surface area contributed by atoms with Gasteiger partial charge in [-0.3, -0.25) is 4.79 Å². The molecule has 0 bridgehead atoms. The van der Waals surface area contributed by atoms with Crippen LogP contribution in [0.5, 0.6) is 0 Å². The Bertz CT molecular complexity index is 629. The molecule has 1 amide bonds. The number of hydrogen-bond donors (Lipinski definition) is 2. The average Bonchev–Trinajstić information content (AvgIpc) is 2.37. The predicted molar refractivity (Wildman–Crippen MR) is 90.1 cm³/mol. The maximum atomic E-state index is 11.9. The van der Waals surface area contributed by atoms with Crippen molar-refractivity contribution >= 4 is 49.1 Å². The van der Waals surface area contributed by atoms with E-state index in [0.29, 0.717) is 0 Å². The second-order valence-corrected chi connectivity index (χ2v) is 6.17. The average molecular weight is 398 g/mol. The number of aryl methyl sites for hydroxylation is 1. The van der Waals surface area contributed by atoms with Crippen LogP contribution in [0.3, 0.4) is 0 Å². The van der Waals surface area contributed by atoms with Crippen LogP contribution in [-0.2, 0) is 4.79 Å². The van der Waals surface area contributed by atoms with Crippen LogP contribution in [0.1, 0.15) is 5.56 Å². The van der Waals surface area contributed by atoms with Gasteiger partial charge in [0.15, 0.2) is 0 Å². The van der Waals surface area contributed by atoms with Gasteiger partial charge in [-0.25, -0.2) is 0 Å². The SMILES string of the molecule is Cc1cccc(NC(=O)CNc2ccc(Br)cc2Br)c1. The van der Waals surface area contributed by atoms with Crippen molar-refractivity contribution in [3.8, 4) is 0 Å². The van der Waals surface area contributed by atoms with Gasteiger partial charge in [0.2, 0.25) is 5.91 Å². The molecular weight excluding hydrogens is 384 g/mol. The van der Waals surface area contributed by atoms with Crippen LogP contribution in [0.15, 0.2) is 51.4 Å². The highest BCUT2D eigenvalue weighted by Gasteiger charge is 2.05. The molecule has 20 heavy (non-hydrogen) atoms. The predicted octanol–water partition coefficient (Wildman–Crippen LogP) is 4.57. The number of amides is 1. The standard InChI is InChI=1S/C15H14Br2N2O/c1-10-3-2-4-12(7-10)19-15(20)9-18-14-6-5-11(16)8-13(14)17/h2-8,18H,9H2,1H3,(H,19,20). The minimum Gasteiger partial charge on any atom is -0.375 e. The maximum Gasteiger partial charge on any atom is 0.243 e. The molecule has 2 N–H and O–H groups in total. The van der Waals surface area contributed by atoms with Crippen LogP contribution in [-0.4, -0.2) is 12.5 Å². The van der Waals surface area contributed by atoms with Gasteiger partial charge in [-0.15, -0.1) is 0 Å². The zero-order valence-corrected chi connectivity index (χ0v) is 14.1. The van der Waals surface area contributed by atoms with E-state index in [4.69, 9.17) is 0 Å². The number of halogens is 2.